The number of aryl methyl sites for hydroxylation is 1. The molecule has 0 N–H and O–H groups in total. The predicted molar refractivity (Wildman–Crippen MR) is 93.7 cm³/mol. The first-order chi connectivity index (χ1) is 10.7. The Morgan fingerprint density at radius 2 is 1.83 bits per heavy atom. The molecule has 0 radical (unpaired) electrons. The maximum absolute atomic E-state index is 12.5. The number of hydrogen-bond acceptors (Lipinski definition) is 4. The molecule has 0 saturated carbocycles. The van der Waals surface area contributed by atoms with Gasteiger partial charge in [0.15, 0.2) is 0 Å². The summed E-state index contributed by atoms with van der Waals surface area (Å²) >= 11 is 0. The molecule has 0 atom stereocenters. The molecule has 0 spiro atoms. The number of amides is 1. The van der Waals surface area contributed by atoms with Gasteiger partial charge in [0.25, 0.3) is 0 Å². The van der Waals surface area contributed by atoms with Crippen molar-refractivity contribution in [2.24, 2.45) is 5.41 Å². The molecule has 1 aromatic rings. The molecule has 1 aromatic heterocycles. The Labute approximate surface area is 140 Å². The third-order valence-corrected chi connectivity index (χ3v) is 4.12. The summed E-state index contributed by atoms with van der Waals surface area (Å²) < 4.78 is 0. The van der Waals surface area contributed by atoms with Crippen LogP contribution in [0.3, 0.4) is 0 Å². The summed E-state index contributed by atoms with van der Waals surface area (Å²) in [7, 11) is 0. The lowest BCUT2D eigenvalue weighted by atomic mass is 9.94. The van der Waals surface area contributed by atoms with E-state index in [1.807, 2.05) is 38.7 Å². The van der Waals surface area contributed by atoms with Crippen molar-refractivity contribution in [1.29, 1.82) is 0 Å². The van der Waals surface area contributed by atoms with E-state index in [9.17, 15) is 4.79 Å². The summed E-state index contributed by atoms with van der Waals surface area (Å²) in [5.41, 5.74) is 0.691. The van der Waals surface area contributed by atoms with Gasteiger partial charge in [-0.3, -0.25) is 4.79 Å². The number of hydrogen-bond donors (Lipinski definition) is 0. The standard InChI is InChI=1S/C18H30N4O/c1-13(2)16-19-14(3)12-15(20-16)21-8-7-9-22(11-10-21)17(23)18(4,5)6/h12-13H,7-11H2,1-6H3. The van der Waals surface area contributed by atoms with Crippen molar-refractivity contribution in [3.8, 4) is 0 Å². The number of aromatic nitrogens is 2. The van der Waals surface area contributed by atoms with E-state index in [2.05, 4.69) is 23.7 Å². The zero-order valence-electron chi connectivity index (χ0n) is 15.4. The number of nitrogens with zero attached hydrogens (tertiary/aromatic N) is 4. The quantitative estimate of drug-likeness (QED) is 0.841. The minimum absolute atomic E-state index is 0.237. The number of anilines is 1. The Bertz CT molecular complexity index is 563. The van der Waals surface area contributed by atoms with Crippen LogP contribution < -0.4 is 4.90 Å². The van der Waals surface area contributed by atoms with Gasteiger partial charge in [-0.2, -0.15) is 0 Å². The van der Waals surface area contributed by atoms with E-state index in [0.29, 0.717) is 5.92 Å². The zero-order valence-corrected chi connectivity index (χ0v) is 15.4. The molecule has 2 rings (SSSR count). The van der Waals surface area contributed by atoms with Crippen LogP contribution >= 0.6 is 0 Å². The highest BCUT2D eigenvalue weighted by Gasteiger charge is 2.28. The van der Waals surface area contributed by atoms with E-state index in [0.717, 1.165) is 49.9 Å². The van der Waals surface area contributed by atoms with Gasteiger partial charge in [-0.15, -0.1) is 0 Å². The Hall–Kier alpha value is -1.65. The van der Waals surface area contributed by atoms with Crippen molar-refractivity contribution in [3.05, 3.63) is 17.6 Å². The molecule has 5 nitrogen and oxygen atoms in total. The Morgan fingerprint density at radius 1 is 1.13 bits per heavy atom. The molecule has 5 heteroatoms. The Balaban J connectivity index is 2.13. The van der Waals surface area contributed by atoms with E-state index < -0.39 is 0 Å². The van der Waals surface area contributed by atoms with Crippen molar-refractivity contribution >= 4 is 11.7 Å². The van der Waals surface area contributed by atoms with Gasteiger partial charge >= 0.3 is 0 Å². The molecule has 0 bridgehead atoms. The van der Waals surface area contributed by atoms with Gasteiger partial charge in [0.05, 0.1) is 0 Å². The van der Waals surface area contributed by atoms with Crippen LogP contribution in [0.15, 0.2) is 6.07 Å². The maximum Gasteiger partial charge on any atom is 0.228 e. The SMILES string of the molecule is Cc1cc(N2CCCN(C(=O)C(C)(C)C)CC2)nc(C(C)C)n1. The normalized spacial score (nSPS) is 16.7. The molecular formula is C18H30N4O. The van der Waals surface area contributed by atoms with Crippen molar-refractivity contribution in [2.45, 2.75) is 53.9 Å². The van der Waals surface area contributed by atoms with Crippen molar-refractivity contribution in [2.75, 3.05) is 31.1 Å². The van der Waals surface area contributed by atoms with Gasteiger partial charge < -0.3 is 9.80 Å². The molecule has 1 amide bonds. The summed E-state index contributed by atoms with van der Waals surface area (Å²) in [4.78, 5) is 26.0. The molecule has 0 aromatic carbocycles. The van der Waals surface area contributed by atoms with E-state index in [-0.39, 0.29) is 11.3 Å². The summed E-state index contributed by atoms with van der Waals surface area (Å²) in [6.07, 6.45) is 0.974. The second-order valence-corrected chi connectivity index (χ2v) is 7.76. The van der Waals surface area contributed by atoms with Gasteiger partial charge in [0.2, 0.25) is 5.91 Å². The Kier molecular flexibility index (Phi) is 5.27. The van der Waals surface area contributed by atoms with Crippen LogP contribution in [0.4, 0.5) is 5.82 Å². The second kappa shape index (κ2) is 6.85. The monoisotopic (exact) mass is 318 g/mol. The van der Waals surface area contributed by atoms with E-state index in [4.69, 9.17) is 4.98 Å². The van der Waals surface area contributed by atoms with Crippen LogP contribution in [0.25, 0.3) is 0 Å². The summed E-state index contributed by atoms with van der Waals surface area (Å²) in [6, 6.07) is 2.05. The van der Waals surface area contributed by atoms with Gasteiger partial charge in [0, 0.05) is 49.3 Å². The number of rotatable bonds is 2. The molecule has 0 aliphatic carbocycles. The summed E-state index contributed by atoms with van der Waals surface area (Å²) in [5, 5.41) is 0. The molecule has 23 heavy (non-hydrogen) atoms. The van der Waals surface area contributed by atoms with Crippen LogP contribution in [-0.4, -0.2) is 47.0 Å². The molecule has 128 valence electrons. The van der Waals surface area contributed by atoms with Crippen LogP contribution in [0, 0.1) is 12.3 Å². The summed E-state index contributed by atoms with van der Waals surface area (Å²) in [5.74, 6) is 2.44. The van der Waals surface area contributed by atoms with Crippen LogP contribution in [0.2, 0.25) is 0 Å². The zero-order chi connectivity index (χ0) is 17.2. The molecule has 1 aliphatic heterocycles. The molecule has 1 aliphatic rings. The average Bonchev–Trinajstić information content (AvgIpc) is 2.70. The molecule has 0 unspecified atom stereocenters. The van der Waals surface area contributed by atoms with Crippen molar-refractivity contribution in [3.63, 3.8) is 0 Å². The number of carbonyl (C=O) groups excluding carboxylic acids is 1. The fourth-order valence-electron chi connectivity index (χ4n) is 2.82. The number of carbonyl (C=O) groups is 1. The molecule has 1 fully saturated rings. The third kappa shape index (κ3) is 4.43. The first kappa shape index (κ1) is 17.7. The third-order valence-electron chi connectivity index (χ3n) is 4.12. The van der Waals surface area contributed by atoms with Gasteiger partial charge in [-0.05, 0) is 13.3 Å². The van der Waals surface area contributed by atoms with Gasteiger partial charge in [0.1, 0.15) is 11.6 Å². The van der Waals surface area contributed by atoms with Crippen LogP contribution in [0.1, 0.15) is 58.5 Å². The highest BCUT2D eigenvalue weighted by Crippen LogP contribution is 2.21. The van der Waals surface area contributed by atoms with Crippen LogP contribution in [-0.2, 0) is 4.79 Å². The topological polar surface area (TPSA) is 49.3 Å². The fraction of sp³-hybridized carbons (Fsp3) is 0.722. The minimum Gasteiger partial charge on any atom is -0.355 e. The first-order valence-corrected chi connectivity index (χ1v) is 8.58. The minimum atomic E-state index is -0.314. The largest absolute Gasteiger partial charge is 0.355 e. The summed E-state index contributed by atoms with van der Waals surface area (Å²) in [6.45, 7) is 15.6. The lowest BCUT2D eigenvalue weighted by Gasteiger charge is -2.28. The van der Waals surface area contributed by atoms with E-state index in [1.165, 1.54) is 0 Å². The van der Waals surface area contributed by atoms with E-state index >= 15 is 0 Å². The highest BCUT2D eigenvalue weighted by atomic mass is 16.2. The molecule has 1 saturated heterocycles. The Morgan fingerprint density at radius 3 is 2.43 bits per heavy atom. The average molecular weight is 318 g/mol. The molecule has 2 heterocycles. The van der Waals surface area contributed by atoms with Gasteiger partial charge in [-0.1, -0.05) is 34.6 Å². The van der Waals surface area contributed by atoms with Crippen LogP contribution in [0.5, 0.6) is 0 Å². The molecular weight excluding hydrogens is 288 g/mol. The van der Waals surface area contributed by atoms with E-state index in [1.54, 1.807) is 0 Å². The van der Waals surface area contributed by atoms with Gasteiger partial charge in [-0.25, -0.2) is 9.97 Å². The lowest BCUT2D eigenvalue weighted by Crippen LogP contribution is -2.41. The first-order valence-electron chi connectivity index (χ1n) is 8.58. The van der Waals surface area contributed by atoms with Crippen molar-refractivity contribution in [1.82, 2.24) is 14.9 Å². The predicted octanol–water partition coefficient (Wildman–Crippen LogP) is 2.99. The smallest absolute Gasteiger partial charge is 0.228 e. The maximum atomic E-state index is 12.5. The van der Waals surface area contributed by atoms with Crippen molar-refractivity contribution < 1.29 is 4.79 Å². The fourth-order valence-corrected chi connectivity index (χ4v) is 2.82. The second-order valence-electron chi connectivity index (χ2n) is 7.76. The lowest BCUT2D eigenvalue weighted by molar-refractivity contribution is -0.139. The highest BCUT2D eigenvalue weighted by molar-refractivity contribution is 5.81.